The molecule has 75 heavy (non-hydrogen) atoms. The number of rotatable bonds is 12. The molecular formula is C70H70N4O. The topological polar surface area (TPSA) is 33.5 Å². The van der Waals surface area contributed by atoms with Crippen molar-refractivity contribution in [2.24, 2.45) is 0 Å². The third-order valence-corrected chi connectivity index (χ3v) is 16.0. The molecule has 0 bridgehead atoms. The first kappa shape index (κ1) is 49.3. The highest BCUT2D eigenvalue weighted by molar-refractivity contribution is 6.09. The smallest absolute Gasteiger partial charge is 0.137 e. The summed E-state index contributed by atoms with van der Waals surface area (Å²) in [5, 5.41) is 2.32. The summed E-state index contributed by atoms with van der Waals surface area (Å²) in [5.74, 6) is 3.03. The zero-order chi connectivity index (χ0) is 52.4. The Kier molecular flexibility index (Phi) is 12.6. The number of ether oxygens (including phenoxy) is 1. The highest BCUT2D eigenvalue weighted by Gasteiger charge is 2.33. The Morgan fingerprint density at radius 1 is 0.440 bits per heavy atom. The fourth-order valence-corrected chi connectivity index (χ4v) is 11.4. The Balaban J connectivity index is 1.07. The van der Waals surface area contributed by atoms with E-state index in [9.17, 15) is 0 Å². The summed E-state index contributed by atoms with van der Waals surface area (Å²) >= 11 is 0. The Morgan fingerprint density at radius 3 is 1.71 bits per heavy atom. The van der Waals surface area contributed by atoms with E-state index in [1.165, 1.54) is 61.3 Å². The molecule has 3 heterocycles. The number of anilines is 4. The molecule has 5 heteroatoms. The minimum Gasteiger partial charge on any atom is -0.457 e. The number of hydrogen-bond donors (Lipinski definition) is 0. The minimum absolute atomic E-state index is 0.0533. The molecule has 11 rings (SSSR count). The monoisotopic (exact) mass is 983 g/mol. The van der Waals surface area contributed by atoms with Crippen molar-refractivity contribution in [3.63, 3.8) is 0 Å². The SMILES string of the molecule is CC(C)c1cccc(C(C)C)c1-c1cc(Oc2ccc3c4ccccc4n(-c4cc(C(C)(C)c5ccccc5)ccn4)c3c2)cc(N2CN(c3cccc(C(C)(C)c4ccccc4)c3)c3ccc(C(C)(C)C)cc32)c1. The number of pyridine rings is 1. The standard InChI is InChI=1S/C70H70N4O/c1-46(2)58-29-21-30-59(47(3)4)67(58)48-38-55(73-45-72(63-35-32-51(41-65(63)73)68(5,6)7)54-27-20-26-52(40-54)69(8,9)49-22-14-12-15-23-49)43-57(39-48)75-56-33-34-61-60-28-18-19-31-62(60)74(64(61)44-56)66-42-53(36-37-71-66)70(10,11)50-24-16-13-17-25-50/h12-44,46-47H,45H2,1-11H3. The first-order valence-electron chi connectivity index (χ1n) is 26.8. The van der Waals surface area contributed by atoms with Gasteiger partial charge in [-0.25, -0.2) is 4.98 Å². The van der Waals surface area contributed by atoms with E-state index in [-0.39, 0.29) is 16.2 Å². The van der Waals surface area contributed by atoms with Crippen molar-refractivity contribution in [2.45, 2.75) is 104 Å². The molecule has 0 amide bonds. The first-order valence-corrected chi connectivity index (χ1v) is 26.8. The average molecular weight is 983 g/mol. The van der Waals surface area contributed by atoms with Gasteiger partial charge in [-0.15, -0.1) is 0 Å². The molecule has 0 radical (unpaired) electrons. The molecule has 10 aromatic rings. The van der Waals surface area contributed by atoms with Gasteiger partial charge in [-0.1, -0.05) is 191 Å². The van der Waals surface area contributed by atoms with E-state index in [0.29, 0.717) is 18.5 Å². The molecule has 5 nitrogen and oxygen atoms in total. The van der Waals surface area contributed by atoms with Crippen LogP contribution in [-0.4, -0.2) is 16.2 Å². The predicted molar refractivity (Wildman–Crippen MR) is 317 cm³/mol. The molecular weight excluding hydrogens is 913 g/mol. The lowest BCUT2D eigenvalue weighted by Gasteiger charge is -2.28. The molecule has 0 aliphatic carbocycles. The van der Waals surface area contributed by atoms with Gasteiger partial charge in [-0.05, 0) is 134 Å². The minimum atomic E-state index is -0.233. The lowest BCUT2D eigenvalue weighted by Crippen LogP contribution is -2.25. The van der Waals surface area contributed by atoms with Gasteiger partial charge in [0, 0.05) is 51.3 Å². The van der Waals surface area contributed by atoms with E-state index in [0.717, 1.165) is 50.7 Å². The number of benzene rings is 8. The van der Waals surface area contributed by atoms with Gasteiger partial charge in [0.1, 0.15) is 24.0 Å². The van der Waals surface area contributed by atoms with Crippen molar-refractivity contribution in [1.82, 2.24) is 9.55 Å². The van der Waals surface area contributed by atoms with Gasteiger partial charge >= 0.3 is 0 Å². The Labute approximate surface area is 445 Å². The molecule has 376 valence electrons. The van der Waals surface area contributed by atoms with E-state index in [2.05, 4.69) is 285 Å². The van der Waals surface area contributed by atoms with Gasteiger partial charge in [-0.2, -0.15) is 0 Å². The van der Waals surface area contributed by atoms with Crippen LogP contribution in [0.15, 0.2) is 200 Å². The van der Waals surface area contributed by atoms with Crippen LogP contribution < -0.4 is 14.5 Å². The van der Waals surface area contributed by atoms with E-state index in [1.54, 1.807) is 0 Å². The number of para-hydroxylation sites is 1. The summed E-state index contributed by atoms with van der Waals surface area (Å²) in [6.07, 6.45) is 1.95. The average Bonchev–Trinajstić information content (AvgIpc) is 3.98. The molecule has 0 saturated heterocycles. The molecule has 8 aromatic carbocycles. The van der Waals surface area contributed by atoms with Gasteiger partial charge < -0.3 is 14.5 Å². The summed E-state index contributed by atoms with van der Waals surface area (Å²) in [4.78, 5) is 10.0. The Hall–Kier alpha value is -7.89. The second-order valence-corrected chi connectivity index (χ2v) is 23.4. The summed E-state index contributed by atoms with van der Waals surface area (Å²) in [6.45, 7) is 26.0. The fraction of sp³-hybridized carbons (Fsp3) is 0.243. The maximum Gasteiger partial charge on any atom is 0.137 e. The summed E-state index contributed by atoms with van der Waals surface area (Å²) in [5.41, 5.74) is 17.7. The summed E-state index contributed by atoms with van der Waals surface area (Å²) in [6, 6.07) is 71.2. The normalized spacial score (nSPS) is 13.1. The zero-order valence-corrected chi connectivity index (χ0v) is 45.6. The third kappa shape index (κ3) is 9.07. The van der Waals surface area contributed by atoms with Crippen molar-refractivity contribution >= 4 is 44.6 Å². The zero-order valence-electron chi connectivity index (χ0n) is 45.6. The maximum atomic E-state index is 7.27. The second kappa shape index (κ2) is 19.1. The van der Waals surface area contributed by atoms with E-state index >= 15 is 0 Å². The van der Waals surface area contributed by atoms with Crippen molar-refractivity contribution in [3.05, 3.63) is 239 Å². The first-order chi connectivity index (χ1) is 36.0. The van der Waals surface area contributed by atoms with Gasteiger partial charge in [0.25, 0.3) is 0 Å². The lowest BCUT2D eigenvalue weighted by molar-refractivity contribution is 0.483. The molecule has 0 atom stereocenters. The Morgan fingerprint density at radius 2 is 1.04 bits per heavy atom. The summed E-state index contributed by atoms with van der Waals surface area (Å²) < 4.78 is 9.57. The van der Waals surface area contributed by atoms with Crippen molar-refractivity contribution < 1.29 is 4.74 Å². The molecule has 0 fully saturated rings. The number of aromatic nitrogens is 2. The van der Waals surface area contributed by atoms with Crippen molar-refractivity contribution in [3.8, 4) is 28.4 Å². The van der Waals surface area contributed by atoms with Crippen LogP contribution in [0.2, 0.25) is 0 Å². The van der Waals surface area contributed by atoms with Crippen molar-refractivity contribution in [2.75, 3.05) is 16.5 Å². The van der Waals surface area contributed by atoms with Crippen LogP contribution in [0, 0.1) is 0 Å². The van der Waals surface area contributed by atoms with Crippen LogP contribution in [-0.2, 0) is 16.2 Å². The molecule has 1 aliphatic heterocycles. The quantitative estimate of drug-likeness (QED) is 0.122. The fourth-order valence-electron chi connectivity index (χ4n) is 11.4. The van der Waals surface area contributed by atoms with Crippen LogP contribution >= 0.6 is 0 Å². The number of hydrogen-bond acceptors (Lipinski definition) is 4. The molecule has 0 spiro atoms. The van der Waals surface area contributed by atoms with Crippen LogP contribution in [0.4, 0.5) is 22.7 Å². The summed E-state index contributed by atoms with van der Waals surface area (Å²) in [7, 11) is 0. The highest BCUT2D eigenvalue weighted by atomic mass is 16.5. The second-order valence-electron chi connectivity index (χ2n) is 23.4. The van der Waals surface area contributed by atoms with Gasteiger partial charge in [0.05, 0.1) is 22.4 Å². The molecule has 0 saturated carbocycles. The maximum absolute atomic E-state index is 7.27. The van der Waals surface area contributed by atoms with E-state index in [1.807, 2.05) is 6.20 Å². The third-order valence-electron chi connectivity index (χ3n) is 16.0. The molecule has 2 aromatic heterocycles. The van der Waals surface area contributed by atoms with E-state index < -0.39 is 0 Å². The number of nitrogens with zero attached hydrogens (tertiary/aromatic N) is 4. The van der Waals surface area contributed by atoms with Crippen LogP contribution in [0.5, 0.6) is 11.5 Å². The number of fused-ring (bicyclic) bond motifs is 4. The lowest BCUT2D eigenvalue weighted by atomic mass is 9.78. The molecule has 0 N–H and O–H groups in total. The predicted octanol–water partition coefficient (Wildman–Crippen LogP) is 19.1. The van der Waals surface area contributed by atoms with E-state index in [4.69, 9.17) is 9.72 Å². The van der Waals surface area contributed by atoms with Gasteiger partial charge in [0.15, 0.2) is 0 Å². The van der Waals surface area contributed by atoms with Crippen LogP contribution in [0.25, 0.3) is 38.8 Å². The van der Waals surface area contributed by atoms with Crippen molar-refractivity contribution in [1.29, 1.82) is 0 Å². The molecule has 1 aliphatic rings. The van der Waals surface area contributed by atoms with Crippen LogP contribution in [0.1, 0.15) is 127 Å². The molecule has 0 unspecified atom stereocenters. The van der Waals surface area contributed by atoms with Crippen LogP contribution in [0.3, 0.4) is 0 Å². The Bertz CT molecular complexity index is 3700. The largest absolute Gasteiger partial charge is 0.457 e. The van der Waals surface area contributed by atoms with Gasteiger partial charge in [-0.3, -0.25) is 4.57 Å². The highest BCUT2D eigenvalue weighted by Crippen LogP contribution is 2.50. The van der Waals surface area contributed by atoms with Gasteiger partial charge in [0.2, 0.25) is 0 Å².